The minimum absolute atomic E-state index is 0.136. The fraction of sp³-hybridized carbons (Fsp3) is 0.222. The third-order valence-corrected chi connectivity index (χ3v) is 4.02. The van der Waals surface area contributed by atoms with Gasteiger partial charge in [0, 0.05) is 10.9 Å². The zero-order chi connectivity index (χ0) is 14.2. The summed E-state index contributed by atoms with van der Waals surface area (Å²) in [6.45, 7) is 2.79. The summed E-state index contributed by atoms with van der Waals surface area (Å²) >= 11 is 0. The van der Waals surface area contributed by atoms with Crippen LogP contribution in [0.1, 0.15) is 30.3 Å². The molecule has 4 rings (SSSR count). The van der Waals surface area contributed by atoms with Gasteiger partial charge in [0.25, 0.3) is 0 Å². The van der Waals surface area contributed by atoms with Crippen molar-refractivity contribution in [3.8, 4) is 5.75 Å². The van der Waals surface area contributed by atoms with Gasteiger partial charge in [0.05, 0.1) is 12.1 Å². The topological polar surface area (TPSA) is 34.4 Å². The Hall–Kier alpha value is -2.26. The first-order chi connectivity index (χ1) is 10.3. The smallest absolute Gasteiger partial charge is 0.134 e. The quantitative estimate of drug-likeness (QED) is 0.779. The van der Waals surface area contributed by atoms with Crippen LogP contribution in [0.3, 0.4) is 0 Å². The molecule has 3 nitrogen and oxygen atoms in total. The van der Waals surface area contributed by atoms with Crippen LogP contribution in [-0.2, 0) is 0 Å². The van der Waals surface area contributed by atoms with E-state index in [1.165, 1.54) is 5.56 Å². The summed E-state index contributed by atoms with van der Waals surface area (Å²) in [5, 5.41) is 4.74. The van der Waals surface area contributed by atoms with E-state index < -0.39 is 0 Å². The summed E-state index contributed by atoms with van der Waals surface area (Å²) in [6, 6.07) is 18.7. The number of rotatable bonds is 3. The lowest BCUT2D eigenvalue weighted by atomic mass is 10.1. The number of nitrogens with one attached hydrogen (secondary N) is 1. The van der Waals surface area contributed by atoms with E-state index in [-0.39, 0.29) is 12.1 Å². The lowest BCUT2D eigenvalue weighted by Gasteiger charge is -2.16. The highest BCUT2D eigenvalue weighted by molar-refractivity contribution is 5.77. The first-order valence-corrected chi connectivity index (χ1v) is 7.27. The van der Waals surface area contributed by atoms with E-state index >= 15 is 0 Å². The number of furan rings is 1. The maximum atomic E-state index is 5.92. The van der Waals surface area contributed by atoms with Gasteiger partial charge in [-0.05, 0) is 25.1 Å². The van der Waals surface area contributed by atoms with E-state index in [0.29, 0.717) is 6.61 Å². The first-order valence-electron chi connectivity index (χ1n) is 7.27. The summed E-state index contributed by atoms with van der Waals surface area (Å²) in [6.07, 6.45) is 0. The lowest BCUT2D eigenvalue weighted by Crippen LogP contribution is -2.25. The number of hydrogen-bond donors (Lipinski definition) is 1. The molecule has 0 amide bonds. The van der Waals surface area contributed by atoms with Crippen LogP contribution >= 0.6 is 0 Å². The summed E-state index contributed by atoms with van der Waals surface area (Å²) < 4.78 is 11.6. The van der Waals surface area contributed by atoms with Crippen molar-refractivity contribution in [3.63, 3.8) is 0 Å². The minimum atomic E-state index is 0.136. The van der Waals surface area contributed by atoms with E-state index in [1.807, 2.05) is 36.4 Å². The molecular formula is C18H17NO2. The molecule has 2 aromatic carbocycles. The van der Waals surface area contributed by atoms with E-state index in [9.17, 15) is 0 Å². The average Bonchev–Trinajstić information content (AvgIpc) is 3.11. The maximum absolute atomic E-state index is 5.92. The molecular weight excluding hydrogens is 262 g/mol. The zero-order valence-corrected chi connectivity index (χ0v) is 11.9. The molecule has 0 radical (unpaired) electrons. The lowest BCUT2D eigenvalue weighted by molar-refractivity contribution is 0.293. The largest absolute Gasteiger partial charge is 0.491 e. The SMILES string of the molecule is CC(NC1COc2ccccc21)c1cc2ccccc2o1. The molecule has 106 valence electrons. The van der Waals surface area contributed by atoms with Gasteiger partial charge in [0.2, 0.25) is 0 Å². The maximum Gasteiger partial charge on any atom is 0.134 e. The molecule has 0 aliphatic carbocycles. The second-order valence-corrected chi connectivity index (χ2v) is 5.48. The Balaban J connectivity index is 1.57. The van der Waals surface area contributed by atoms with Crippen molar-refractivity contribution in [2.24, 2.45) is 0 Å². The molecule has 3 aromatic rings. The monoisotopic (exact) mass is 279 g/mol. The fourth-order valence-corrected chi connectivity index (χ4v) is 2.90. The highest BCUT2D eigenvalue weighted by atomic mass is 16.5. The molecule has 0 saturated heterocycles. The number of para-hydroxylation sites is 2. The normalized spacial score (nSPS) is 18.4. The Morgan fingerprint density at radius 2 is 1.90 bits per heavy atom. The molecule has 3 heteroatoms. The summed E-state index contributed by atoms with van der Waals surface area (Å²) in [5.74, 6) is 1.94. The van der Waals surface area contributed by atoms with Crippen molar-refractivity contribution >= 4 is 11.0 Å². The molecule has 0 saturated carbocycles. The molecule has 1 N–H and O–H groups in total. The Kier molecular flexibility index (Phi) is 2.93. The molecule has 21 heavy (non-hydrogen) atoms. The Morgan fingerprint density at radius 3 is 2.81 bits per heavy atom. The van der Waals surface area contributed by atoms with Crippen LogP contribution in [0.25, 0.3) is 11.0 Å². The Bertz CT molecular complexity index is 744. The molecule has 1 aliphatic rings. The van der Waals surface area contributed by atoms with Gasteiger partial charge in [-0.3, -0.25) is 5.32 Å². The standard InChI is InChI=1S/C18H17NO2/c1-12(18-10-13-6-2-4-8-16(13)21-18)19-15-11-20-17-9-5-3-7-14(15)17/h2-10,12,15,19H,11H2,1H3. The molecule has 0 spiro atoms. The van der Waals surface area contributed by atoms with Gasteiger partial charge in [0.1, 0.15) is 23.7 Å². The third-order valence-electron chi connectivity index (χ3n) is 4.02. The average molecular weight is 279 g/mol. The van der Waals surface area contributed by atoms with Gasteiger partial charge in [-0.15, -0.1) is 0 Å². The van der Waals surface area contributed by atoms with E-state index in [4.69, 9.17) is 9.15 Å². The van der Waals surface area contributed by atoms with Gasteiger partial charge in [-0.25, -0.2) is 0 Å². The van der Waals surface area contributed by atoms with E-state index in [2.05, 4.69) is 30.4 Å². The van der Waals surface area contributed by atoms with E-state index in [1.54, 1.807) is 0 Å². The molecule has 2 unspecified atom stereocenters. The molecule has 2 atom stereocenters. The van der Waals surface area contributed by atoms with Crippen molar-refractivity contribution in [2.75, 3.05) is 6.61 Å². The predicted octanol–water partition coefficient (Wildman–Crippen LogP) is 4.22. The molecule has 1 aromatic heterocycles. The van der Waals surface area contributed by atoms with Crippen LogP contribution in [0.2, 0.25) is 0 Å². The van der Waals surface area contributed by atoms with Crippen molar-refractivity contribution in [1.29, 1.82) is 0 Å². The van der Waals surface area contributed by atoms with Crippen molar-refractivity contribution in [1.82, 2.24) is 5.32 Å². The number of benzene rings is 2. The van der Waals surface area contributed by atoms with Gasteiger partial charge >= 0.3 is 0 Å². The van der Waals surface area contributed by atoms with Gasteiger partial charge in [0.15, 0.2) is 0 Å². The molecule has 0 fully saturated rings. The summed E-state index contributed by atoms with van der Waals surface area (Å²) in [5.41, 5.74) is 2.16. The van der Waals surface area contributed by atoms with Crippen LogP contribution in [0.5, 0.6) is 5.75 Å². The molecule has 0 bridgehead atoms. The first kappa shape index (κ1) is 12.5. The second-order valence-electron chi connectivity index (χ2n) is 5.48. The van der Waals surface area contributed by atoms with Crippen LogP contribution < -0.4 is 10.1 Å². The highest BCUT2D eigenvalue weighted by Crippen LogP contribution is 2.34. The third kappa shape index (κ3) is 2.20. The van der Waals surface area contributed by atoms with Crippen molar-refractivity contribution < 1.29 is 9.15 Å². The van der Waals surface area contributed by atoms with Gasteiger partial charge in [-0.1, -0.05) is 36.4 Å². The van der Waals surface area contributed by atoms with Gasteiger partial charge < -0.3 is 9.15 Å². The highest BCUT2D eigenvalue weighted by Gasteiger charge is 2.25. The number of hydrogen-bond acceptors (Lipinski definition) is 3. The van der Waals surface area contributed by atoms with Crippen LogP contribution in [0.15, 0.2) is 59.0 Å². The number of fused-ring (bicyclic) bond motifs is 2. The van der Waals surface area contributed by atoms with Crippen molar-refractivity contribution in [2.45, 2.75) is 19.0 Å². The van der Waals surface area contributed by atoms with E-state index in [0.717, 1.165) is 22.5 Å². The van der Waals surface area contributed by atoms with Crippen LogP contribution in [-0.4, -0.2) is 6.61 Å². The molecule has 2 heterocycles. The van der Waals surface area contributed by atoms with Gasteiger partial charge in [-0.2, -0.15) is 0 Å². The summed E-state index contributed by atoms with van der Waals surface area (Å²) in [4.78, 5) is 0. The van der Waals surface area contributed by atoms with Crippen LogP contribution in [0, 0.1) is 0 Å². The Morgan fingerprint density at radius 1 is 1.10 bits per heavy atom. The van der Waals surface area contributed by atoms with Crippen LogP contribution in [0.4, 0.5) is 0 Å². The second kappa shape index (κ2) is 4.93. The zero-order valence-electron chi connectivity index (χ0n) is 11.9. The predicted molar refractivity (Wildman–Crippen MR) is 82.4 cm³/mol. The molecule has 1 aliphatic heterocycles. The minimum Gasteiger partial charge on any atom is -0.491 e. The number of ether oxygens (including phenoxy) is 1. The Labute approximate surface area is 123 Å². The summed E-state index contributed by atoms with van der Waals surface area (Å²) in [7, 11) is 0. The van der Waals surface area contributed by atoms with Crippen molar-refractivity contribution in [3.05, 3.63) is 65.9 Å². The fourth-order valence-electron chi connectivity index (χ4n) is 2.90.